The molecule has 15 heavy (non-hydrogen) atoms. The molecule has 0 aliphatic heterocycles. The summed E-state index contributed by atoms with van der Waals surface area (Å²) < 4.78 is 5.14. The molecule has 0 aromatic heterocycles. The Morgan fingerprint density at radius 2 is 1.80 bits per heavy atom. The molecule has 1 aromatic carbocycles. The summed E-state index contributed by atoms with van der Waals surface area (Å²) in [4.78, 5) is 13.1. The molecule has 0 heterocycles. The minimum Gasteiger partial charge on any atom is -0.410 e. The van der Waals surface area contributed by atoms with Crippen LogP contribution < -0.4 is 10.5 Å². The third-order valence-electron chi connectivity index (χ3n) is 2.11. The number of ether oxygens (including phenoxy) is 1. The van der Waals surface area contributed by atoms with Crippen LogP contribution in [0.25, 0.3) is 0 Å². The normalized spacial score (nSPS) is 9.73. The van der Waals surface area contributed by atoms with Gasteiger partial charge in [-0.15, -0.1) is 0 Å². The smallest absolute Gasteiger partial charge is 0.410 e. The van der Waals surface area contributed by atoms with Crippen molar-refractivity contribution in [1.29, 1.82) is 0 Å². The average Bonchev–Trinajstić information content (AvgIpc) is 2.23. The fourth-order valence-corrected chi connectivity index (χ4v) is 1.18. The van der Waals surface area contributed by atoms with Gasteiger partial charge in [-0.05, 0) is 38.1 Å². The number of rotatable bonds is 3. The number of carbonyl (C=O) groups excluding carboxylic acids is 1. The molecule has 1 amide bonds. The van der Waals surface area contributed by atoms with Gasteiger partial charge >= 0.3 is 6.09 Å². The Morgan fingerprint density at radius 1 is 1.27 bits per heavy atom. The Hall–Kier alpha value is -1.71. The average molecular weight is 208 g/mol. The largest absolute Gasteiger partial charge is 0.415 e. The molecule has 0 aliphatic rings. The standard InChI is InChI=1S/C11H16N2O2/c1-3-13(4-2)11(14)15-10-7-5-9(12)6-8-10/h5-8H,3-4,12H2,1-2H3. The van der Waals surface area contributed by atoms with Crippen molar-refractivity contribution in [3.8, 4) is 5.75 Å². The van der Waals surface area contributed by atoms with Crippen LogP contribution in [0.4, 0.5) is 10.5 Å². The van der Waals surface area contributed by atoms with Crippen molar-refractivity contribution in [2.45, 2.75) is 13.8 Å². The van der Waals surface area contributed by atoms with E-state index < -0.39 is 0 Å². The fourth-order valence-electron chi connectivity index (χ4n) is 1.18. The summed E-state index contributed by atoms with van der Waals surface area (Å²) in [7, 11) is 0. The number of hydrogen-bond acceptors (Lipinski definition) is 3. The molecule has 4 nitrogen and oxygen atoms in total. The predicted octanol–water partition coefficient (Wildman–Crippen LogP) is 2.11. The van der Waals surface area contributed by atoms with Crippen molar-refractivity contribution in [3.63, 3.8) is 0 Å². The number of nitrogens with zero attached hydrogens (tertiary/aromatic N) is 1. The molecular weight excluding hydrogens is 192 g/mol. The molecule has 0 fully saturated rings. The van der Waals surface area contributed by atoms with Gasteiger partial charge < -0.3 is 15.4 Å². The second kappa shape index (κ2) is 5.24. The van der Waals surface area contributed by atoms with Gasteiger partial charge in [0.2, 0.25) is 0 Å². The van der Waals surface area contributed by atoms with Crippen LogP contribution in [0.15, 0.2) is 24.3 Å². The van der Waals surface area contributed by atoms with Crippen molar-refractivity contribution < 1.29 is 9.53 Å². The zero-order valence-electron chi connectivity index (χ0n) is 9.06. The van der Waals surface area contributed by atoms with Crippen molar-refractivity contribution >= 4 is 11.8 Å². The molecule has 1 aromatic rings. The molecule has 0 radical (unpaired) electrons. The van der Waals surface area contributed by atoms with E-state index in [9.17, 15) is 4.79 Å². The quantitative estimate of drug-likeness (QED) is 0.774. The van der Waals surface area contributed by atoms with Gasteiger partial charge in [0.1, 0.15) is 5.75 Å². The molecule has 0 unspecified atom stereocenters. The molecule has 0 saturated heterocycles. The highest BCUT2D eigenvalue weighted by Crippen LogP contribution is 2.14. The minimum atomic E-state index is -0.329. The molecular formula is C11H16N2O2. The molecule has 82 valence electrons. The molecule has 0 bridgehead atoms. The summed E-state index contributed by atoms with van der Waals surface area (Å²) in [5.74, 6) is 0.515. The van der Waals surface area contributed by atoms with Crippen LogP contribution in [0.2, 0.25) is 0 Å². The molecule has 4 heteroatoms. The second-order valence-corrected chi connectivity index (χ2v) is 3.11. The van der Waals surface area contributed by atoms with E-state index in [0.717, 1.165) is 0 Å². The Bertz CT molecular complexity index is 318. The van der Waals surface area contributed by atoms with E-state index in [1.165, 1.54) is 0 Å². The Kier molecular flexibility index (Phi) is 3.97. The number of anilines is 1. The first-order chi connectivity index (χ1) is 7.17. The topological polar surface area (TPSA) is 55.6 Å². The van der Waals surface area contributed by atoms with Crippen LogP contribution in [-0.4, -0.2) is 24.1 Å². The predicted molar refractivity (Wildman–Crippen MR) is 59.8 cm³/mol. The lowest BCUT2D eigenvalue weighted by molar-refractivity contribution is 0.157. The summed E-state index contributed by atoms with van der Waals surface area (Å²) in [6, 6.07) is 6.75. The van der Waals surface area contributed by atoms with E-state index >= 15 is 0 Å². The van der Waals surface area contributed by atoms with E-state index in [4.69, 9.17) is 10.5 Å². The number of nitrogen functional groups attached to an aromatic ring is 1. The highest BCUT2D eigenvalue weighted by Gasteiger charge is 2.11. The monoisotopic (exact) mass is 208 g/mol. The SMILES string of the molecule is CCN(CC)C(=O)Oc1ccc(N)cc1. The van der Waals surface area contributed by atoms with Crippen molar-refractivity contribution in [2.24, 2.45) is 0 Å². The van der Waals surface area contributed by atoms with Crippen LogP contribution in [0.1, 0.15) is 13.8 Å². The maximum absolute atomic E-state index is 11.5. The Balaban J connectivity index is 2.61. The van der Waals surface area contributed by atoms with Gasteiger partial charge in [-0.2, -0.15) is 0 Å². The zero-order valence-corrected chi connectivity index (χ0v) is 9.06. The first kappa shape index (κ1) is 11.4. The first-order valence-corrected chi connectivity index (χ1v) is 4.99. The van der Waals surface area contributed by atoms with Crippen LogP contribution in [-0.2, 0) is 0 Å². The molecule has 1 rings (SSSR count). The molecule has 0 aliphatic carbocycles. The van der Waals surface area contributed by atoms with Crippen molar-refractivity contribution in [2.75, 3.05) is 18.8 Å². The second-order valence-electron chi connectivity index (χ2n) is 3.11. The summed E-state index contributed by atoms with van der Waals surface area (Å²) in [6.07, 6.45) is -0.329. The Labute approximate surface area is 89.6 Å². The maximum atomic E-state index is 11.5. The maximum Gasteiger partial charge on any atom is 0.415 e. The third-order valence-corrected chi connectivity index (χ3v) is 2.11. The molecule has 0 spiro atoms. The van der Waals surface area contributed by atoms with Gasteiger partial charge in [0.15, 0.2) is 0 Å². The lowest BCUT2D eigenvalue weighted by Crippen LogP contribution is -2.33. The van der Waals surface area contributed by atoms with E-state index in [1.807, 2.05) is 13.8 Å². The van der Waals surface area contributed by atoms with Crippen molar-refractivity contribution in [3.05, 3.63) is 24.3 Å². The van der Waals surface area contributed by atoms with Gasteiger partial charge in [0.05, 0.1) is 0 Å². The number of amides is 1. The number of benzene rings is 1. The van der Waals surface area contributed by atoms with E-state index in [0.29, 0.717) is 24.5 Å². The summed E-state index contributed by atoms with van der Waals surface area (Å²) >= 11 is 0. The Morgan fingerprint density at radius 3 is 2.27 bits per heavy atom. The number of carbonyl (C=O) groups is 1. The van der Waals surface area contributed by atoms with E-state index in [2.05, 4.69) is 0 Å². The minimum absolute atomic E-state index is 0.329. The highest BCUT2D eigenvalue weighted by atomic mass is 16.6. The van der Waals surface area contributed by atoms with Crippen LogP contribution in [0.3, 0.4) is 0 Å². The fraction of sp³-hybridized carbons (Fsp3) is 0.364. The number of nitrogens with two attached hydrogens (primary N) is 1. The molecule has 2 N–H and O–H groups in total. The van der Waals surface area contributed by atoms with Gasteiger partial charge in [-0.25, -0.2) is 4.79 Å². The van der Waals surface area contributed by atoms with Gasteiger partial charge in [-0.1, -0.05) is 0 Å². The third kappa shape index (κ3) is 3.16. The lowest BCUT2D eigenvalue weighted by atomic mass is 10.3. The molecule has 0 atom stereocenters. The molecule has 0 saturated carbocycles. The summed E-state index contributed by atoms with van der Waals surface area (Å²) in [6.45, 7) is 5.11. The van der Waals surface area contributed by atoms with Gasteiger partial charge in [0.25, 0.3) is 0 Å². The van der Waals surface area contributed by atoms with Crippen LogP contribution in [0, 0.1) is 0 Å². The van der Waals surface area contributed by atoms with Gasteiger partial charge in [-0.3, -0.25) is 0 Å². The highest BCUT2D eigenvalue weighted by molar-refractivity contribution is 5.70. The van der Waals surface area contributed by atoms with Crippen molar-refractivity contribution in [1.82, 2.24) is 4.90 Å². The lowest BCUT2D eigenvalue weighted by Gasteiger charge is -2.17. The zero-order chi connectivity index (χ0) is 11.3. The summed E-state index contributed by atoms with van der Waals surface area (Å²) in [5, 5.41) is 0. The summed E-state index contributed by atoms with van der Waals surface area (Å²) in [5.41, 5.74) is 6.17. The van der Waals surface area contributed by atoms with Gasteiger partial charge in [0, 0.05) is 18.8 Å². The van der Waals surface area contributed by atoms with E-state index in [1.54, 1.807) is 29.2 Å². The first-order valence-electron chi connectivity index (χ1n) is 4.99. The van der Waals surface area contributed by atoms with Crippen LogP contribution >= 0.6 is 0 Å². The number of hydrogen-bond donors (Lipinski definition) is 1. The van der Waals surface area contributed by atoms with Crippen LogP contribution in [0.5, 0.6) is 5.75 Å². The van der Waals surface area contributed by atoms with E-state index in [-0.39, 0.29) is 6.09 Å².